The number of hydrogen-bond acceptors (Lipinski definition) is 4. The van der Waals surface area contributed by atoms with Crippen LogP contribution >= 0.6 is 0 Å². The number of alkyl carbamates (subject to hydrolysis) is 1. The van der Waals surface area contributed by atoms with E-state index in [1.807, 2.05) is 24.3 Å². The second kappa shape index (κ2) is 8.21. The van der Waals surface area contributed by atoms with Crippen LogP contribution in [0.15, 0.2) is 48.5 Å². The summed E-state index contributed by atoms with van der Waals surface area (Å²) in [7, 11) is 0. The van der Waals surface area contributed by atoms with Crippen molar-refractivity contribution in [2.45, 2.75) is 50.6 Å². The van der Waals surface area contributed by atoms with E-state index in [0.717, 1.165) is 28.7 Å². The van der Waals surface area contributed by atoms with E-state index in [-0.39, 0.29) is 24.5 Å². The number of fused-ring (bicyclic) bond motifs is 4. The molecule has 2 aromatic rings. The van der Waals surface area contributed by atoms with Gasteiger partial charge in [-0.1, -0.05) is 55.0 Å². The van der Waals surface area contributed by atoms with Gasteiger partial charge in [0.2, 0.25) is 5.91 Å². The first-order valence-corrected chi connectivity index (χ1v) is 11.6. The van der Waals surface area contributed by atoms with Gasteiger partial charge in [-0.3, -0.25) is 9.59 Å². The quantitative estimate of drug-likeness (QED) is 0.726. The molecule has 1 aliphatic heterocycles. The minimum atomic E-state index is -0.834. The Hall–Kier alpha value is -3.35. The van der Waals surface area contributed by atoms with E-state index in [2.05, 4.69) is 29.6 Å². The van der Waals surface area contributed by atoms with Crippen molar-refractivity contribution < 1.29 is 24.2 Å². The van der Waals surface area contributed by atoms with Crippen molar-refractivity contribution in [3.63, 3.8) is 0 Å². The Balaban J connectivity index is 1.22. The van der Waals surface area contributed by atoms with Crippen molar-refractivity contribution in [2.24, 2.45) is 5.41 Å². The molecule has 0 radical (unpaired) electrons. The van der Waals surface area contributed by atoms with Crippen LogP contribution in [0.25, 0.3) is 11.1 Å². The monoisotopic (exact) mass is 448 g/mol. The van der Waals surface area contributed by atoms with E-state index in [4.69, 9.17) is 4.74 Å². The highest BCUT2D eigenvalue weighted by atomic mass is 16.5. The van der Waals surface area contributed by atoms with Crippen molar-refractivity contribution in [3.8, 4) is 11.1 Å². The number of rotatable bonds is 5. The lowest BCUT2D eigenvalue weighted by Gasteiger charge is -2.30. The average molecular weight is 449 g/mol. The lowest BCUT2D eigenvalue weighted by molar-refractivity contribution is -0.150. The summed E-state index contributed by atoms with van der Waals surface area (Å²) in [5.41, 5.74) is 3.72. The SMILES string of the molecule is C[C@H](NC(=O)OCC1c2ccccc2-c2ccccc21)C(=O)N1CCC2(C(=O)O)CCCC12. The summed E-state index contributed by atoms with van der Waals surface area (Å²) in [6.07, 6.45) is 1.92. The van der Waals surface area contributed by atoms with E-state index in [0.29, 0.717) is 25.8 Å². The fourth-order valence-corrected chi connectivity index (χ4v) is 6.02. The van der Waals surface area contributed by atoms with Gasteiger partial charge in [0.05, 0.1) is 5.41 Å². The predicted octanol–water partition coefficient (Wildman–Crippen LogP) is 3.77. The van der Waals surface area contributed by atoms with Crippen LogP contribution in [-0.2, 0) is 14.3 Å². The summed E-state index contributed by atoms with van der Waals surface area (Å²) in [4.78, 5) is 39.1. The third-order valence-electron chi connectivity index (χ3n) is 7.67. The van der Waals surface area contributed by atoms with Crippen molar-refractivity contribution in [1.82, 2.24) is 10.2 Å². The topological polar surface area (TPSA) is 95.9 Å². The van der Waals surface area contributed by atoms with Gasteiger partial charge in [-0.05, 0) is 48.4 Å². The highest BCUT2D eigenvalue weighted by molar-refractivity contribution is 5.87. The smallest absolute Gasteiger partial charge is 0.407 e. The molecule has 7 heteroatoms. The molecule has 172 valence electrons. The Morgan fingerprint density at radius 3 is 2.36 bits per heavy atom. The van der Waals surface area contributed by atoms with Gasteiger partial charge in [0, 0.05) is 18.5 Å². The van der Waals surface area contributed by atoms with Crippen molar-refractivity contribution in [3.05, 3.63) is 59.7 Å². The largest absolute Gasteiger partial charge is 0.481 e. The third kappa shape index (κ3) is 3.46. The maximum absolute atomic E-state index is 13.0. The second-order valence-electron chi connectivity index (χ2n) is 9.34. The van der Waals surface area contributed by atoms with Crippen LogP contribution in [0, 0.1) is 5.41 Å². The number of likely N-dealkylation sites (tertiary alicyclic amines) is 1. The number of amides is 2. The zero-order valence-corrected chi connectivity index (χ0v) is 18.6. The van der Waals surface area contributed by atoms with Gasteiger partial charge in [-0.25, -0.2) is 4.79 Å². The second-order valence-corrected chi connectivity index (χ2v) is 9.34. The minimum absolute atomic E-state index is 0.0533. The molecule has 2 aliphatic carbocycles. The molecule has 1 saturated heterocycles. The van der Waals surface area contributed by atoms with Gasteiger partial charge in [-0.2, -0.15) is 0 Å². The molecule has 7 nitrogen and oxygen atoms in total. The number of nitrogens with one attached hydrogen (secondary N) is 1. The van der Waals surface area contributed by atoms with E-state index in [1.54, 1.807) is 11.8 Å². The standard InChI is InChI=1S/C26H28N2O5/c1-16(23(29)28-14-13-26(24(30)31)12-6-11-22(26)28)27-25(32)33-15-21-19-9-4-2-7-17(19)18-8-3-5-10-20(18)21/h2-5,7-10,16,21-22H,6,11-15H2,1H3,(H,27,32)(H,30,31)/t16-,22?,26?/m0/s1. The number of benzene rings is 2. The Morgan fingerprint density at radius 2 is 1.73 bits per heavy atom. The number of aliphatic carboxylic acids is 1. The van der Waals surface area contributed by atoms with Gasteiger partial charge < -0.3 is 20.1 Å². The van der Waals surface area contributed by atoms with E-state index in [9.17, 15) is 19.5 Å². The Bertz CT molecular complexity index is 1070. The zero-order chi connectivity index (χ0) is 23.2. The molecular formula is C26H28N2O5. The Kier molecular flexibility index (Phi) is 5.35. The van der Waals surface area contributed by atoms with Crippen LogP contribution in [0.4, 0.5) is 4.79 Å². The fourth-order valence-electron chi connectivity index (χ4n) is 6.02. The molecule has 2 unspecified atom stereocenters. The summed E-state index contributed by atoms with van der Waals surface area (Å²) in [6, 6.07) is 15.1. The molecule has 0 bridgehead atoms. The molecule has 0 spiro atoms. The molecule has 3 aliphatic rings. The van der Waals surface area contributed by atoms with E-state index in [1.165, 1.54) is 0 Å². The molecule has 0 aromatic heterocycles. The maximum Gasteiger partial charge on any atom is 0.407 e. The van der Waals surface area contributed by atoms with Crippen molar-refractivity contribution in [2.75, 3.05) is 13.2 Å². The highest BCUT2D eigenvalue weighted by Gasteiger charge is 2.57. The average Bonchev–Trinajstić information content (AvgIpc) is 3.48. The normalized spacial score (nSPS) is 24.0. The van der Waals surface area contributed by atoms with Gasteiger partial charge in [0.25, 0.3) is 0 Å². The molecule has 2 aromatic carbocycles. The van der Waals surface area contributed by atoms with Crippen LogP contribution in [0.5, 0.6) is 0 Å². The number of carboxylic acid groups (broad SMARTS) is 1. The lowest BCUT2D eigenvalue weighted by Crippen LogP contribution is -2.51. The number of hydrogen-bond donors (Lipinski definition) is 2. The van der Waals surface area contributed by atoms with Gasteiger partial charge in [0.1, 0.15) is 12.6 Å². The van der Waals surface area contributed by atoms with Crippen molar-refractivity contribution in [1.29, 1.82) is 0 Å². The van der Waals surface area contributed by atoms with Crippen LogP contribution < -0.4 is 5.32 Å². The van der Waals surface area contributed by atoms with Crippen LogP contribution in [0.1, 0.15) is 49.7 Å². The number of ether oxygens (including phenoxy) is 1. The first-order chi connectivity index (χ1) is 15.9. The molecule has 1 saturated carbocycles. The number of nitrogens with zero attached hydrogens (tertiary/aromatic N) is 1. The molecule has 5 rings (SSSR count). The molecule has 1 heterocycles. The van der Waals surface area contributed by atoms with E-state index >= 15 is 0 Å². The third-order valence-corrected chi connectivity index (χ3v) is 7.67. The Labute approximate surface area is 192 Å². The number of carbonyl (C=O) groups is 3. The molecular weight excluding hydrogens is 420 g/mol. The Morgan fingerprint density at radius 1 is 1.09 bits per heavy atom. The fraction of sp³-hybridized carbons (Fsp3) is 0.423. The molecule has 3 atom stereocenters. The number of carboxylic acids is 1. The number of carbonyl (C=O) groups excluding carboxylic acids is 2. The van der Waals surface area contributed by atoms with Gasteiger partial charge in [0.15, 0.2) is 0 Å². The summed E-state index contributed by atoms with van der Waals surface area (Å²) < 4.78 is 5.55. The summed E-state index contributed by atoms with van der Waals surface area (Å²) in [5, 5.41) is 12.4. The van der Waals surface area contributed by atoms with Crippen LogP contribution in [0.3, 0.4) is 0 Å². The summed E-state index contributed by atoms with van der Waals surface area (Å²) in [5.74, 6) is -1.13. The molecule has 33 heavy (non-hydrogen) atoms. The highest BCUT2D eigenvalue weighted by Crippen LogP contribution is 2.49. The van der Waals surface area contributed by atoms with Crippen LogP contribution in [0.2, 0.25) is 0 Å². The minimum Gasteiger partial charge on any atom is -0.481 e. The van der Waals surface area contributed by atoms with E-state index < -0.39 is 23.5 Å². The predicted molar refractivity (Wildman–Crippen MR) is 122 cm³/mol. The summed E-state index contributed by atoms with van der Waals surface area (Å²) in [6.45, 7) is 2.21. The molecule has 2 fully saturated rings. The first-order valence-electron chi connectivity index (χ1n) is 11.6. The van der Waals surface area contributed by atoms with Gasteiger partial charge in [-0.15, -0.1) is 0 Å². The maximum atomic E-state index is 13.0. The molecule has 2 N–H and O–H groups in total. The lowest BCUT2D eigenvalue weighted by atomic mass is 9.82. The van der Waals surface area contributed by atoms with Gasteiger partial charge >= 0.3 is 12.1 Å². The zero-order valence-electron chi connectivity index (χ0n) is 18.6. The van der Waals surface area contributed by atoms with Crippen molar-refractivity contribution >= 4 is 18.0 Å². The molecule has 2 amide bonds. The summed E-state index contributed by atoms with van der Waals surface area (Å²) >= 11 is 0. The first kappa shape index (κ1) is 21.5. The van der Waals surface area contributed by atoms with Crippen LogP contribution in [-0.4, -0.2) is 53.2 Å².